The molecule has 0 spiro atoms. The van der Waals surface area contributed by atoms with Gasteiger partial charge in [0, 0.05) is 16.9 Å². The van der Waals surface area contributed by atoms with Crippen LogP contribution in [0.3, 0.4) is 0 Å². The Hall–Kier alpha value is -2.70. The van der Waals surface area contributed by atoms with Crippen LogP contribution >= 0.6 is 22.9 Å². The Bertz CT molecular complexity index is 1180. The van der Waals surface area contributed by atoms with Crippen molar-refractivity contribution >= 4 is 44.5 Å². The second-order valence-corrected chi connectivity index (χ2v) is 7.44. The number of H-pyrrole nitrogens is 1. The Morgan fingerprint density at radius 1 is 1.19 bits per heavy atom. The summed E-state index contributed by atoms with van der Waals surface area (Å²) in [6.07, 6.45) is 1.57. The van der Waals surface area contributed by atoms with E-state index in [-0.39, 0.29) is 5.56 Å². The maximum atomic E-state index is 12.7. The lowest BCUT2D eigenvalue weighted by atomic mass is 10.2. The lowest BCUT2D eigenvalue weighted by molar-refractivity contribution is 0.835. The zero-order chi connectivity index (χ0) is 18.3. The average Bonchev–Trinajstić information content (AvgIpc) is 3.14. The van der Waals surface area contributed by atoms with E-state index in [0.29, 0.717) is 15.7 Å². The van der Waals surface area contributed by atoms with E-state index >= 15 is 0 Å². The van der Waals surface area contributed by atoms with E-state index in [4.69, 9.17) is 11.6 Å². The minimum atomic E-state index is -0.162. The molecule has 0 aliphatic carbocycles. The second kappa shape index (κ2) is 6.55. The molecule has 4 rings (SSSR count). The quantitative estimate of drug-likeness (QED) is 0.517. The highest BCUT2D eigenvalue weighted by Gasteiger charge is 2.11. The number of thiazole rings is 1. The van der Waals surface area contributed by atoms with Crippen molar-refractivity contribution in [1.82, 2.24) is 14.8 Å². The van der Waals surface area contributed by atoms with Crippen LogP contribution in [0.5, 0.6) is 0 Å². The van der Waals surface area contributed by atoms with E-state index in [1.165, 1.54) is 21.6 Å². The Morgan fingerprint density at radius 2 is 1.96 bits per heavy atom. The minimum absolute atomic E-state index is 0.162. The summed E-state index contributed by atoms with van der Waals surface area (Å²) in [5, 5.41) is 4.32. The molecule has 0 saturated heterocycles. The number of halogens is 1. The molecule has 2 heterocycles. The fourth-order valence-corrected chi connectivity index (χ4v) is 3.71. The molecule has 7 heteroatoms. The molecule has 1 N–H and O–H groups in total. The molecule has 0 amide bonds. The minimum Gasteiger partial charge on any atom is -0.295 e. The third kappa shape index (κ3) is 3.09. The van der Waals surface area contributed by atoms with Gasteiger partial charge in [0.15, 0.2) is 0 Å². The van der Waals surface area contributed by atoms with Gasteiger partial charge in [0.25, 0.3) is 5.56 Å². The van der Waals surface area contributed by atoms with Crippen molar-refractivity contribution in [3.8, 4) is 5.69 Å². The monoisotopic (exact) mass is 382 g/mol. The molecule has 2 aromatic carbocycles. The summed E-state index contributed by atoms with van der Waals surface area (Å²) in [6, 6.07) is 13.2. The van der Waals surface area contributed by atoms with Gasteiger partial charge in [-0.3, -0.25) is 9.89 Å². The van der Waals surface area contributed by atoms with Crippen molar-refractivity contribution in [3.63, 3.8) is 0 Å². The highest BCUT2D eigenvalue weighted by Crippen LogP contribution is 2.28. The molecule has 0 fully saturated rings. The predicted molar refractivity (Wildman–Crippen MR) is 108 cm³/mol. The summed E-state index contributed by atoms with van der Waals surface area (Å²) in [5.74, 6) is 0. The van der Waals surface area contributed by atoms with Crippen molar-refractivity contribution in [2.24, 2.45) is 4.99 Å². The number of rotatable bonds is 3. The van der Waals surface area contributed by atoms with Gasteiger partial charge in [-0.1, -0.05) is 29.0 Å². The largest absolute Gasteiger partial charge is 0.295 e. The molecule has 0 unspecified atom stereocenters. The number of benzene rings is 2. The van der Waals surface area contributed by atoms with E-state index in [1.54, 1.807) is 30.5 Å². The maximum Gasteiger partial charge on any atom is 0.280 e. The van der Waals surface area contributed by atoms with Gasteiger partial charge in [-0.05, 0) is 55.8 Å². The topological polar surface area (TPSA) is 63.0 Å². The first-order chi connectivity index (χ1) is 12.5. The third-order valence-corrected chi connectivity index (χ3v) is 5.22. The standard InChI is InChI=1S/C19H15ClN4OS/c1-11-3-8-16-17(9-11)26-19(22-16)21-10-15-12(2)23-24(18(15)25)14-6-4-13(20)5-7-14/h3-10,23H,1-2H3/b21-10+. The van der Waals surface area contributed by atoms with Crippen LogP contribution in [0.15, 0.2) is 52.3 Å². The van der Waals surface area contributed by atoms with Crippen LogP contribution in [0.25, 0.3) is 15.9 Å². The predicted octanol–water partition coefficient (Wildman–Crippen LogP) is 4.80. The highest BCUT2D eigenvalue weighted by molar-refractivity contribution is 7.22. The summed E-state index contributed by atoms with van der Waals surface area (Å²) >= 11 is 7.42. The van der Waals surface area contributed by atoms with Crippen molar-refractivity contribution in [2.75, 3.05) is 0 Å². The Morgan fingerprint density at radius 3 is 2.73 bits per heavy atom. The van der Waals surface area contributed by atoms with E-state index < -0.39 is 0 Å². The fraction of sp³-hybridized carbons (Fsp3) is 0.105. The van der Waals surface area contributed by atoms with Crippen LogP contribution < -0.4 is 5.56 Å². The van der Waals surface area contributed by atoms with Gasteiger partial charge in [-0.25, -0.2) is 14.7 Å². The summed E-state index contributed by atoms with van der Waals surface area (Å²) in [6.45, 7) is 3.89. The number of nitrogens with one attached hydrogen (secondary N) is 1. The number of aromatic amines is 1. The summed E-state index contributed by atoms with van der Waals surface area (Å²) in [4.78, 5) is 21.6. The third-order valence-electron chi connectivity index (χ3n) is 4.04. The van der Waals surface area contributed by atoms with Gasteiger partial charge in [0.1, 0.15) is 0 Å². The molecule has 0 atom stereocenters. The van der Waals surface area contributed by atoms with Crippen molar-refractivity contribution in [2.45, 2.75) is 13.8 Å². The number of nitrogens with zero attached hydrogens (tertiary/aromatic N) is 3. The van der Waals surface area contributed by atoms with Crippen molar-refractivity contribution in [3.05, 3.63) is 74.7 Å². The zero-order valence-electron chi connectivity index (χ0n) is 14.2. The number of hydrogen-bond donors (Lipinski definition) is 1. The first-order valence-corrected chi connectivity index (χ1v) is 9.19. The molecule has 0 bridgehead atoms. The highest BCUT2D eigenvalue weighted by atomic mass is 35.5. The molecule has 0 aliphatic rings. The first kappa shape index (κ1) is 16.8. The summed E-state index contributed by atoms with van der Waals surface area (Å²) in [7, 11) is 0. The molecular weight excluding hydrogens is 368 g/mol. The summed E-state index contributed by atoms with van der Waals surface area (Å²) in [5.41, 5.74) is 3.91. The normalized spacial score (nSPS) is 11.7. The van der Waals surface area contributed by atoms with Crippen LogP contribution in [0, 0.1) is 13.8 Å². The van der Waals surface area contributed by atoms with E-state index in [9.17, 15) is 4.79 Å². The lowest BCUT2D eigenvalue weighted by Gasteiger charge is -2.00. The Kier molecular flexibility index (Phi) is 4.22. The van der Waals surface area contributed by atoms with Crippen molar-refractivity contribution in [1.29, 1.82) is 0 Å². The van der Waals surface area contributed by atoms with Gasteiger partial charge in [0.05, 0.1) is 21.5 Å². The smallest absolute Gasteiger partial charge is 0.280 e. The molecular formula is C19H15ClN4OS. The molecule has 4 aromatic rings. The molecule has 0 radical (unpaired) electrons. The molecule has 0 aliphatic heterocycles. The fourth-order valence-electron chi connectivity index (χ4n) is 2.68. The number of aromatic nitrogens is 3. The lowest BCUT2D eigenvalue weighted by Crippen LogP contribution is -2.17. The van der Waals surface area contributed by atoms with Gasteiger partial charge in [-0.2, -0.15) is 0 Å². The van der Waals surface area contributed by atoms with Gasteiger partial charge in [0.2, 0.25) is 5.13 Å². The number of aliphatic imine (C=N–C) groups is 1. The van der Waals surface area contributed by atoms with E-state index in [1.807, 2.05) is 26.0 Å². The molecule has 130 valence electrons. The Labute approximate surface area is 158 Å². The van der Waals surface area contributed by atoms with Crippen LogP contribution in [0.4, 0.5) is 5.13 Å². The Balaban J connectivity index is 1.70. The number of hydrogen-bond acceptors (Lipinski definition) is 4. The average molecular weight is 383 g/mol. The van der Waals surface area contributed by atoms with Gasteiger partial charge < -0.3 is 0 Å². The van der Waals surface area contributed by atoms with Crippen LogP contribution in [0.2, 0.25) is 5.02 Å². The SMILES string of the molecule is Cc1ccc2nc(/N=C/c3c(C)[nH]n(-c4ccc(Cl)cc4)c3=O)sc2c1. The van der Waals surface area contributed by atoms with Crippen LogP contribution in [0.1, 0.15) is 16.8 Å². The molecule has 2 aromatic heterocycles. The van der Waals surface area contributed by atoms with Crippen LogP contribution in [-0.4, -0.2) is 21.0 Å². The van der Waals surface area contributed by atoms with E-state index in [2.05, 4.69) is 21.1 Å². The maximum absolute atomic E-state index is 12.7. The van der Waals surface area contributed by atoms with Gasteiger partial charge >= 0.3 is 0 Å². The number of fused-ring (bicyclic) bond motifs is 1. The summed E-state index contributed by atoms with van der Waals surface area (Å²) < 4.78 is 2.57. The van der Waals surface area contributed by atoms with Crippen LogP contribution in [-0.2, 0) is 0 Å². The molecule has 5 nitrogen and oxygen atoms in total. The molecule has 26 heavy (non-hydrogen) atoms. The van der Waals surface area contributed by atoms with E-state index in [0.717, 1.165) is 21.6 Å². The van der Waals surface area contributed by atoms with Crippen molar-refractivity contribution < 1.29 is 0 Å². The number of aryl methyl sites for hydroxylation is 2. The first-order valence-electron chi connectivity index (χ1n) is 8.00. The zero-order valence-corrected chi connectivity index (χ0v) is 15.7. The molecule has 0 saturated carbocycles. The van der Waals surface area contributed by atoms with Gasteiger partial charge in [-0.15, -0.1) is 0 Å². The second-order valence-electron chi connectivity index (χ2n) is 5.99.